The Morgan fingerprint density at radius 1 is 1.00 bits per heavy atom. The highest BCUT2D eigenvalue weighted by Crippen LogP contribution is 2.35. The number of hydrogen-bond donors (Lipinski definition) is 3. The average molecular weight is 397 g/mol. The lowest BCUT2D eigenvalue weighted by Gasteiger charge is -2.08. The van der Waals surface area contributed by atoms with E-state index in [-0.39, 0.29) is 0 Å². The van der Waals surface area contributed by atoms with Crippen molar-refractivity contribution >= 4 is 44.2 Å². The third kappa shape index (κ3) is 3.49. The van der Waals surface area contributed by atoms with Gasteiger partial charge in [0.25, 0.3) is 0 Å². The first-order chi connectivity index (χ1) is 14.7. The molecule has 150 valence electrons. The second-order valence-electron chi connectivity index (χ2n) is 6.93. The number of aliphatic hydroxyl groups excluding tert-OH is 1. The largest absolute Gasteiger partial charge is 0.400 e. The number of pyridine rings is 2. The first-order valence-electron chi connectivity index (χ1n) is 9.68. The van der Waals surface area contributed by atoms with Crippen molar-refractivity contribution in [2.45, 2.75) is 13.8 Å². The number of benzene rings is 2. The highest BCUT2D eigenvalue weighted by atomic mass is 16.2. The number of H-pyrrole nitrogens is 1. The lowest BCUT2D eigenvalue weighted by atomic mass is 10.1. The molecule has 6 nitrogen and oxygen atoms in total. The van der Waals surface area contributed by atoms with Gasteiger partial charge in [-0.25, -0.2) is 4.98 Å². The molecule has 6 heteroatoms. The van der Waals surface area contributed by atoms with Gasteiger partial charge in [-0.3, -0.25) is 10.4 Å². The molecule has 0 atom stereocenters. The number of aromatic nitrogens is 3. The number of para-hydroxylation sites is 1. The second kappa shape index (κ2) is 8.31. The summed E-state index contributed by atoms with van der Waals surface area (Å²) < 4.78 is 0. The molecule has 0 amide bonds. The van der Waals surface area contributed by atoms with Gasteiger partial charge in [0.15, 0.2) is 5.82 Å². The first-order valence-corrected chi connectivity index (χ1v) is 9.68. The van der Waals surface area contributed by atoms with E-state index < -0.39 is 0 Å². The molecule has 30 heavy (non-hydrogen) atoms. The lowest BCUT2D eigenvalue weighted by Crippen LogP contribution is -2.03. The smallest absolute Gasteiger partial charge is 0.157 e. The normalized spacial score (nSPS) is 11.5. The third-order valence-corrected chi connectivity index (χ3v) is 4.96. The maximum Gasteiger partial charge on any atom is 0.157 e. The minimum atomic E-state index is 0.735. The number of aryl methyl sites for hydroxylation is 1. The van der Waals surface area contributed by atoms with Gasteiger partial charge in [0.1, 0.15) is 0 Å². The Morgan fingerprint density at radius 2 is 1.80 bits per heavy atom. The van der Waals surface area contributed by atoms with E-state index in [9.17, 15) is 0 Å². The van der Waals surface area contributed by atoms with Crippen molar-refractivity contribution in [2.24, 2.45) is 5.10 Å². The molecule has 0 aliphatic rings. The van der Waals surface area contributed by atoms with Gasteiger partial charge >= 0.3 is 0 Å². The van der Waals surface area contributed by atoms with Crippen LogP contribution in [0.2, 0.25) is 0 Å². The number of fused-ring (bicyclic) bond motifs is 5. The van der Waals surface area contributed by atoms with Crippen LogP contribution in [0.4, 0.5) is 5.82 Å². The molecule has 3 aromatic heterocycles. The van der Waals surface area contributed by atoms with E-state index in [4.69, 9.17) is 10.1 Å². The Morgan fingerprint density at radius 3 is 2.60 bits per heavy atom. The van der Waals surface area contributed by atoms with E-state index in [1.54, 1.807) is 6.20 Å². The minimum absolute atomic E-state index is 0.735. The fraction of sp³-hybridized carbons (Fsp3) is 0.125. The van der Waals surface area contributed by atoms with Crippen LogP contribution in [0.5, 0.6) is 0 Å². The van der Waals surface area contributed by atoms with E-state index in [0.717, 1.165) is 57.0 Å². The second-order valence-corrected chi connectivity index (χ2v) is 6.93. The number of rotatable bonds is 3. The Hall–Kier alpha value is -3.77. The summed E-state index contributed by atoms with van der Waals surface area (Å²) in [6.07, 6.45) is 1.77. The topological polar surface area (TPSA) is 86.2 Å². The van der Waals surface area contributed by atoms with Crippen molar-refractivity contribution in [3.63, 3.8) is 0 Å². The fourth-order valence-electron chi connectivity index (χ4n) is 3.57. The van der Waals surface area contributed by atoms with Gasteiger partial charge in [-0.05, 0) is 44.2 Å². The number of hydrogen-bond acceptors (Lipinski definition) is 5. The molecule has 3 N–H and O–H groups in total. The molecule has 0 aliphatic carbocycles. The number of nitrogens with one attached hydrogen (secondary N) is 2. The first kappa shape index (κ1) is 19.5. The van der Waals surface area contributed by atoms with Crippen LogP contribution in [0, 0.1) is 6.92 Å². The SMILES string of the molecule is C/C(=N\Nc1nc2ccc(C)cc2c2[nH]c3ccccc3c12)c1ccccn1.CO. The highest BCUT2D eigenvalue weighted by Gasteiger charge is 2.14. The molecule has 0 spiro atoms. The van der Waals surface area contributed by atoms with Gasteiger partial charge in [0.2, 0.25) is 0 Å². The average Bonchev–Trinajstić information content (AvgIpc) is 3.20. The zero-order chi connectivity index (χ0) is 21.1. The maximum absolute atomic E-state index is 7.00. The monoisotopic (exact) mass is 397 g/mol. The van der Waals surface area contributed by atoms with Crippen molar-refractivity contribution < 1.29 is 5.11 Å². The molecule has 5 aromatic rings. The Kier molecular flexibility index (Phi) is 5.41. The number of hydrazone groups is 1. The molecular weight excluding hydrogens is 374 g/mol. The summed E-state index contributed by atoms with van der Waals surface area (Å²) in [4.78, 5) is 12.8. The van der Waals surface area contributed by atoms with Crippen molar-refractivity contribution in [1.29, 1.82) is 0 Å². The standard InChI is InChI=1S/C23H19N5.CH4O/c1-14-10-11-20-17(13-14)22-21(16-7-3-4-9-19(16)25-22)23(26-20)28-27-15(2)18-8-5-6-12-24-18;1-2/h3-13,25H,1-2H3,(H,26,28);2H,1H3/b27-15+;. The molecule has 3 heterocycles. The van der Waals surface area contributed by atoms with Crippen molar-refractivity contribution in [3.8, 4) is 0 Å². The molecule has 0 saturated carbocycles. The van der Waals surface area contributed by atoms with E-state index in [1.165, 1.54) is 5.56 Å². The summed E-state index contributed by atoms with van der Waals surface area (Å²) in [5.41, 5.74) is 9.12. The zero-order valence-electron chi connectivity index (χ0n) is 17.1. The van der Waals surface area contributed by atoms with Crippen LogP contribution in [0.25, 0.3) is 32.7 Å². The summed E-state index contributed by atoms with van der Waals surface area (Å²) in [7, 11) is 1.00. The highest BCUT2D eigenvalue weighted by molar-refractivity contribution is 6.20. The van der Waals surface area contributed by atoms with Gasteiger partial charge in [0.05, 0.1) is 27.8 Å². The summed E-state index contributed by atoms with van der Waals surface area (Å²) in [5, 5.41) is 14.8. The van der Waals surface area contributed by atoms with Crippen LogP contribution >= 0.6 is 0 Å². The molecule has 5 rings (SSSR count). The van der Waals surface area contributed by atoms with Crippen LogP contribution in [0.3, 0.4) is 0 Å². The molecular formula is C24H23N5O. The van der Waals surface area contributed by atoms with Crippen molar-refractivity contribution in [3.05, 3.63) is 78.1 Å². The summed E-state index contributed by atoms with van der Waals surface area (Å²) in [5.74, 6) is 0.735. The summed E-state index contributed by atoms with van der Waals surface area (Å²) in [6, 6.07) is 20.4. The van der Waals surface area contributed by atoms with E-state index in [1.807, 2.05) is 37.3 Å². The molecule has 0 unspecified atom stereocenters. The fourth-order valence-corrected chi connectivity index (χ4v) is 3.57. The minimum Gasteiger partial charge on any atom is -0.400 e. The van der Waals surface area contributed by atoms with Crippen LogP contribution < -0.4 is 5.43 Å². The Labute approximate surface area is 174 Å². The molecule has 0 bridgehead atoms. The van der Waals surface area contributed by atoms with E-state index >= 15 is 0 Å². The van der Waals surface area contributed by atoms with E-state index in [0.29, 0.717) is 0 Å². The van der Waals surface area contributed by atoms with Gasteiger partial charge in [0, 0.05) is 29.6 Å². The zero-order valence-corrected chi connectivity index (χ0v) is 17.1. The third-order valence-electron chi connectivity index (χ3n) is 4.96. The number of aromatic amines is 1. The van der Waals surface area contributed by atoms with E-state index in [2.05, 4.69) is 57.8 Å². The number of aliphatic hydroxyl groups is 1. The van der Waals surface area contributed by atoms with Crippen LogP contribution in [0.15, 0.2) is 72.0 Å². The maximum atomic E-state index is 7.00. The van der Waals surface area contributed by atoms with Crippen LogP contribution in [-0.2, 0) is 0 Å². The molecule has 0 radical (unpaired) electrons. The van der Waals surface area contributed by atoms with Crippen molar-refractivity contribution in [2.75, 3.05) is 12.5 Å². The van der Waals surface area contributed by atoms with Crippen molar-refractivity contribution in [1.82, 2.24) is 15.0 Å². The Balaban J connectivity index is 0.00000106. The number of anilines is 1. The predicted molar refractivity (Wildman–Crippen MR) is 124 cm³/mol. The quantitative estimate of drug-likeness (QED) is 0.295. The molecule has 0 aliphatic heterocycles. The summed E-state index contributed by atoms with van der Waals surface area (Å²) in [6.45, 7) is 4.03. The summed E-state index contributed by atoms with van der Waals surface area (Å²) >= 11 is 0. The molecule has 0 fully saturated rings. The van der Waals surface area contributed by atoms with Crippen LogP contribution in [0.1, 0.15) is 18.2 Å². The number of nitrogens with zero attached hydrogens (tertiary/aromatic N) is 3. The molecule has 0 saturated heterocycles. The molecule has 2 aromatic carbocycles. The predicted octanol–water partition coefficient (Wildman–Crippen LogP) is 5.02. The lowest BCUT2D eigenvalue weighted by molar-refractivity contribution is 0.399. The van der Waals surface area contributed by atoms with Gasteiger partial charge in [-0.2, -0.15) is 5.10 Å². The van der Waals surface area contributed by atoms with Gasteiger partial charge in [-0.15, -0.1) is 0 Å². The van der Waals surface area contributed by atoms with Crippen LogP contribution in [-0.4, -0.2) is 32.9 Å². The van der Waals surface area contributed by atoms with Gasteiger partial charge < -0.3 is 10.1 Å². The Bertz CT molecular complexity index is 1360. The van der Waals surface area contributed by atoms with Gasteiger partial charge in [-0.1, -0.05) is 35.9 Å².